The molecule has 0 aliphatic carbocycles. The zero-order valence-electron chi connectivity index (χ0n) is 68.2. The van der Waals surface area contributed by atoms with Crippen molar-refractivity contribution in [1.82, 2.24) is 27.4 Å². The molecule has 12 aromatic rings. The van der Waals surface area contributed by atoms with Crippen LogP contribution in [0.3, 0.4) is 0 Å². The minimum Gasteiger partial charge on any atom is -0.493 e. The van der Waals surface area contributed by atoms with Gasteiger partial charge in [0.1, 0.15) is 34.5 Å². The first kappa shape index (κ1) is 89.6. The van der Waals surface area contributed by atoms with Gasteiger partial charge < -0.3 is 28.4 Å². The summed E-state index contributed by atoms with van der Waals surface area (Å²) in [5.74, 6) is 1.15. The fourth-order valence-corrected chi connectivity index (χ4v) is 20.7. The van der Waals surface area contributed by atoms with Crippen LogP contribution in [0.4, 0.5) is 0 Å². The van der Waals surface area contributed by atoms with Crippen LogP contribution < -0.4 is 95.1 Å². The Labute approximate surface area is 739 Å². The molecule has 0 N–H and O–H groups in total. The van der Waals surface area contributed by atoms with Crippen molar-refractivity contribution in [3.63, 3.8) is 0 Å². The third-order valence-corrected chi connectivity index (χ3v) is 27.6. The Morgan fingerprint density at radius 3 is 0.425 bits per heavy atom. The van der Waals surface area contributed by atoms with Crippen LogP contribution in [0.25, 0.3) is 64.6 Å². The Hall–Kier alpha value is -8.16. The lowest BCUT2D eigenvalue weighted by molar-refractivity contribution is 0.291. The summed E-state index contributed by atoms with van der Waals surface area (Å²) in [6.45, 7) is 11.0. The molecule has 0 saturated heterocycles. The molecular formula is C90H96Br6N6O18. The predicted molar refractivity (Wildman–Crippen MR) is 493 cm³/mol. The molecule has 0 spiro atoms. The summed E-state index contributed by atoms with van der Waals surface area (Å²) < 4.78 is 45.0. The first-order valence-electron chi connectivity index (χ1n) is 41.9. The Morgan fingerprint density at radius 1 is 0.200 bits per heavy atom. The largest absolute Gasteiger partial charge is 0.493 e. The topological polar surface area (TPSA) is 290 Å². The second kappa shape index (κ2) is 39.6. The predicted octanol–water partition coefficient (Wildman–Crippen LogP) is 17.3. The van der Waals surface area contributed by atoms with Crippen molar-refractivity contribution >= 4 is 160 Å². The van der Waals surface area contributed by atoms with E-state index in [1.54, 1.807) is 36.4 Å². The molecule has 6 aromatic carbocycles. The molecule has 636 valence electrons. The monoisotopic (exact) mass is 2020 g/mol. The van der Waals surface area contributed by atoms with E-state index in [0.29, 0.717) is 71.9 Å². The summed E-state index contributed by atoms with van der Waals surface area (Å²) in [6.07, 6.45) is 19.5. The normalized spacial score (nSPS) is 12.7. The lowest BCUT2D eigenvalue weighted by atomic mass is 10.1. The maximum absolute atomic E-state index is 15.3. The van der Waals surface area contributed by atoms with Gasteiger partial charge in [-0.25, -0.2) is 0 Å². The average molecular weight is 2030 g/mol. The summed E-state index contributed by atoms with van der Waals surface area (Å²) in [7, 11) is 0. The van der Waals surface area contributed by atoms with Crippen molar-refractivity contribution in [2.24, 2.45) is 0 Å². The van der Waals surface area contributed by atoms with E-state index in [1.807, 2.05) is 0 Å². The molecule has 0 amide bonds. The van der Waals surface area contributed by atoms with Gasteiger partial charge in [-0.05, 0) is 171 Å². The van der Waals surface area contributed by atoms with Crippen molar-refractivity contribution in [2.45, 2.75) is 235 Å². The van der Waals surface area contributed by atoms with Crippen LogP contribution >= 0.6 is 95.6 Å². The van der Waals surface area contributed by atoms with Gasteiger partial charge >= 0.3 is 0 Å². The number of rotatable bonds is 36. The lowest BCUT2D eigenvalue weighted by Gasteiger charge is -2.18. The van der Waals surface area contributed by atoms with E-state index in [9.17, 15) is 0 Å². The SMILES string of the molecule is CCCCCCOc1cc2c(OCCCCCC)cc1Cn1c(=O)c3c(Br)c4c(=O)n(c(=O)c4c(Br)c3c1=O)Cc1cc(OCCCCCC)c(cc1OCCCCCC)Cn1c(=O)c3c(Br)c4c(=O)n(c(=O)c4c(Br)c3c1=O)Cc1cc(OCCCCCC)c(cc1OCCCCCC)Cn1c(=O)c3c(Br)c4c(=O)n(c(=O)c4c(Br)c3c1=O)C2. The Kier molecular flexibility index (Phi) is 29.5. The quantitative estimate of drug-likeness (QED) is 0.0330. The summed E-state index contributed by atoms with van der Waals surface area (Å²) in [6, 6.07) is 9.72. The van der Waals surface area contributed by atoms with Crippen molar-refractivity contribution in [2.75, 3.05) is 39.6 Å². The van der Waals surface area contributed by atoms with Gasteiger partial charge in [0.2, 0.25) is 0 Å². The van der Waals surface area contributed by atoms with E-state index in [4.69, 9.17) is 28.4 Å². The van der Waals surface area contributed by atoms with Gasteiger partial charge in [0.05, 0.1) is 144 Å². The van der Waals surface area contributed by atoms with Gasteiger partial charge in [-0.1, -0.05) is 157 Å². The van der Waals surface area contributed by atoms with Crippen LogP contribution in [0.15, 0.2) is 121 Å². The first-order valence-corrected chi connectivity index (χ1v) is 46.7. The Bertz CT molecular complexity index is 5380. The Morgan fingerprint density at radius 2 is 0.317 bits per heavy atom. The minimum absolute atomic E-state index is 0.106. The van der Waals surface area contributed by atoms with Crippen molar-refractivity contribution in [3.05, 3.63) is 221 Å². The molecule has 16 aliphatic rings. The van der Waals surface area contributed by atoms with Gasteiger partial charge in [0, 0.05) is 60.2 Å². The molecule has 22 heterocycles. The third-order valence-electron chi connectivity index (χ3n) is 22.9. The van der Waals surface area contributed by atoms with Crippen LogP contribution in [-0.4, -0.2) is 67.0 Å². The number of hydrogen-bond acceptors (Lipinski definition) is 18. The van der Waals surface area contributed by atoms with Crippen LogP contribution in [0, 0.1) is 0 Å². The fourth-order valence-electron chi connectivity index (χ4n) is 16.3. The van der Waals surface area contributed by atoms with Crippen LogP contribution in [0.2, 0.25) is 0 Å². The number of halogens is 6. The van der Waals surface area contributed by atoms with Crippen molar-refractivity contribution < 1.29 is 28.4 Å². The first-order chi connectivity index (χ1) is 57.9. The summed E-state index contributed by atoms with van der Waals surface area (Å²) in [5.41, 5.74) is -7.94. The summed E-state index contributed by atoms with van der Waals surface area (Å²) in [4.78, 5) is 184. The molecule has 16 aliphatic heterocycles. The lowest BCUT2D eigenvalue weighted by Crippen LogP contribution is -2.28. The number of hydrogen-bond donors (Lipinski definition) is 0. The fraction of sp³-hybridized carbons (Fsp3) is 0.467. The zero-order chi connectivity index (χ0) is 85.7. The van der Waals surface area contributed by atoms with Crippen LogP contribution in [-0.2, 0) is 39.3 Å². The molecule has 0 radical (unpaired) electrons. The third kappa shape index (κ3) is 17.4. The maximum Gasteiger partial charge on any atom is 0.263 e. The average Bonchev–Trinajstić information content (AvgIpc) is 1.56. The molecule has 0 saturated carbocycles. The second-order valence-corrected chi connectivity index (χ2v) is 36.0. The van der Waals surface area contributed by atoms with Crippen LogP contribution in [0.1, 0.15) is 229 Å². The molecule has 0 atom stereocenters. The number of nitrogens with zero attached hydrogens (tertiary/aromatic N) is 6. The molecule has 120 heavy (non-hydrogen) atoms. The molecule has 28 rings (SSSR count). The van der Waals surface area contributed by atoms with Crippen molar-refractivity contribution in [1.29, 1.82) is 0 Å². The van der Waals surface area contributed by atoms with E-state index in [1.165, 1.54) is 0 Å². The number of benzene rings is 6. The molecular weight excluding hydrogens is 1930 g/mol. The van der Waals surface area contributed by atoms with E-state index in [0.717, 1.165) is 143 Å². The number of ether oxygens (including phenoxy) is 6. The highest BCUT2D eigenvalue weighted by atomic mass is 79.9. The maximum atomic E-state index is 15.3. The summed E-state index contributed by atoms with van der Waals surface area (Å²) in [5, 5.41) is -2.28. The van der Waals surface area contributed by atoms with Gasteiger partial charge in [-0.3, -0.25) is 84.9 Å². The van der Waals surface area contributed by atoms with E-state index >= 15 is 57.5 Å². The molecule has 6 aromatic heterocycles. The van der Waals surface area contributed by atoms with Gasteiger partial charge in [0.15, 0.2) is 0 Å². The molecule has 24 bridgehead atoms. The molecule has 0 unspecified atom stereocenters. The minimum atomic E-state index is -0.814. The molecule has 30 heteroatoms. The highest BCUT2D eigenvalue weighted by molar-refractivity contribution is 9.11. The van der Waals surface area contributed by atoms with Gasteiger partial charge in [-0.2, -0.15) is 0 Å². The van der Waals surface area contributed by atoms with Gasteiger partial charge in [0.25, 0.3) is 66.7 Å². The van der Waals surface area contributed by atoms with Gasteiger partial charge in [-0.15, -0.1) is 0 Å². The standard InChI is InChI=1S/C90H96Br6N6O18/c1-7-13-19-25-31-115-55-37-50-44-98-81(105)63-64(82(98)106)76(94)68-67(75(63)93)85(109)100(86(68)110)46-52-40-60(120-36-30-24-18-12-6)54(42-59(52)119-35-29-23-17-11-5)48-102-89(113)71-72(90(102)114)78(96)70-69(77(71)95)87(111)101(88(70)112)47-53-41-57(117-33-27-21-15-9-3)51(39-58(53)118-34-28-22-16-10-4)45-99-83(107)65-66(84(99)108)74(92)62-61(73(65)91)79(103)97(80(62)104)43-49(55)38-56(50)116-32-26-20-14-8-2/h37-42H,7-36,43-48H2,1-6H3. The van der Waals surface area contributed by atoms with E-state index < -0.39 is 106 Å². The zero-order valence-corrected chi connectivity index (χ0v) is 77.7. The van der Waals surface area contributed by atoms with E-state index in [2.05, 4.69) is 137 Å². The van der Waals surface area contributed by atoms with E-state index in [-0.39, 0.29) is 166 Å². The second-order valence-electron chi connectivity index (χ2n) is 31.2. The molecule has 0 fully saturated rings. The highest BCUT2D eigenvalue weighted by Gasteiger charge is 2.34. The van der Waals surface area contributed by atoms with Crippen molar-refractivity contribution in [3.8, 4) is 34.5 Å². The summed E-state index contributed by atoms with van der Waals surface area (Å²) >= 11 is 21.4. The Balaban J connectivity index is 1.05. The number of aromatic nitrogens is 6. The number of unbranched alkanes of at least 4 members (excludes halogenated alkanes) is 18. The molecule has 24 nitrogen and oxygen atoms in total. The highest BCUT2D eigenvalue weighted by Crippen LogP contribution is 2.41. The smallest absolute Gasteiger partial charge is 0.263 e. The van der Waals surface area contributed by atoms with Crippen LogP contribution in [0.5, 0.6) is 34.5 Å².